The van der Waals surface area contributed by atoms with E-state index in [4.69, 9.17) is 16.3 Å². The molecule has 1 unspecified atom stereocenters. The maximum atomic E-state index is 10.6. The number of aliphatic hydroxyl groups excluding tert-OH is 1. The zero-order valence-corrected chi connectivity index (χ0v) is 12.8. The highest BCUT2D eigenvalue weighted by Crippen LogP contribution is 2.32. The predicted octanol–water partition coefficient (Wildman–Crippen LogP) is 2.80. The number of aliphatic hydroxyl groups is 1. The van der Waals surface area contributed by atoms with E-state index in [2.05, 4.69) is 10.3 Å². The summed E-state index contributed by atoms with van der Waals surface area (Å²) in [6.07, 6.45) is -0.784. The normalized spacial score (nSPS) is 15.1. The van der Waals surface area contributed by atoms with Crippen molar-refractivity contribution in [3.63, 3.8) is 0 Å². The van der Waals surface area contributed by atoms with Crippen molar-refractivity contribution in [2.45, 2.75) is 6.10 Å². The summed E-state index contributed by atoms with van der Waals surface area (Å²) >= 11 is 6.07. The Hall–Kier alpha value is -2.04. The fraction of sp³-hybridized carbons (Fsp3) is 0.235. The smallest absolute Gasteiger partial charge is 0.145 e. The maximum Gasteiger partial charge on any atom is 0.145 e. The zero-order valence-electron chi connectivity index (χ0n) is 12.0. The molecular formula is C17H17ClN2O2. The number of halogens is 1. The molecule has 22 heavy (non-hydrogen) atoms. The van der Waals surface area contributed by atoms with Crippen molar-refractivity contribution < 1.29 is 9.84 Å². The van der Waals surface area contributed by atoms with Crippen LogP contribution < -0.4 is 10.1 Å². The summed E-state index contributed by atoms with van der Waals surface area (Å²) in [5.41, 5.74) is 1.45. The van der Waals surface area contributed by atoms with Gasteiger partial charge in [-0.1, -0.05) is 41.9 Å². The molecule has 0 spiro atoms. The molecule has 2 aromatic rings. The van der Waals surface area contributed by atoms with E-state index >= 15 is 0 Å². The van der Waals surface area contributed by atoms with E-state index in [1.165, 1.54) is 0 Å². The Labute approximate surface area is 134 Å². The topological polar surface area (TPSA) is 53.9 Å². The van der Waals surface area contributed by atoms with Crippen LogP contribution in [0.5, 0.6) is 5.75 Å². The van der Waals surface area contributed by atoms with E-state index in [0.29, 0.717) is 22.9 Å². The standard InChI is InChI=1S/C17H17ClN2O2/c18-13-6-7-15(22-11-16-19-8-9-20-16)14(10-13)17(21)12-4-2-1-3-5-12/h1-7,10,17,21H,8-9,11H2,(H,19,20). The van der Waals surface area contributed by atoms with Crippen LogP contribution in [0, 0.1) is 0 Å². The molecule has 0 aliphatic carbocycles. The quantitative estimate of drug-likeness (QED) is 0.892. The van der Waals surface area contributed by atoms with Gasteiger partial charge in [-0.3, -0.25) is 4.99 Å². The first kappa shape index (κ1) is 14.9. The van der Waals surface area contributed by atoms with Gasteiger partial charge in [0.2, 0.25) is 0 Å². The summed E-state index contributed by atoms with van der Waals surface area (Å²) in [5, 5.41) is 14.3. The second-order valence-corrected chi connectivity index (χ2v) is 5.48. The largest absolute Gasteiger partial charge is 0.485 e. The Bertz CT molecular complexity index is 674. The highest BCUT2D eigenvalue weighted by atomic mass is 35.5. The average molecular weight is 317 g/mol. The summed E-state index contributed by atoms with van der Waals surface area (Å²) in [4.78, 5) is 4.29. The summed E-state index contributed by atoms with van der Waals surface area (Å²) in [7, 11) is 0. The van der Waals surface area contributed by atoms with Crippen LogP contribution in [0.4, 0.5) is 0 Å². The molecule has 114 valence electrons. The lowest BCUT2D eigenvalue weighted by atomic mass is 10.0. The summed E-state index contributed by atoms with van der Waals surface area (Å²) in [6.45, 7) is 1.98. The van der Waals surface area contributed by atoms with E-state index in [1.807, 2.05) is 30.3 Å². The molecule has 1 aliphatic heterocycles. The van der Waals surface area contributed by atoms with Crippen molar-refractivity contribution in [2.24, 2.45) is 4.99 Å². The Balaban J connectivity index is 1.84. The van der Waals surface area contributed by atoms with Crippen molar-refractivity contribution in [3.8, 4) is 5.75 Å². The average Bonchev–Trinajstić information content (AvgIpc) is 3.07. The van der Waals surface area contributed by atoms with Gasteiger partial charge in [-0.25, -0.2) is 0 Å². The Kier molecular flexibility index (Phi) is 4.61. The van der Waals surface area contributed by atoms with Gasteiger partial charge in [-0.15, -0.1) is 0 Å². The molecule has 2 aromatic carbocycles. The van der Waals surface area contributed by atoms with Gasteiger partial charge in [-0.05, 0) is 23.8 Å². The summed E-state index contributed by atoms with van der Waals surface area (Å²) < 4.78 is 5.81. The van der Waals surface area contributed by atoms with E-state index in [-0.39, 0.29) is 0 Å². The third kappa shape index (κ3) is 3.40. The van der Waals surface area contributed by atoms with Gasteiger partial charge >= 0.3 is 0 Å². The number of aliphatic imine (C=N–C) groups is 1. The fourth-order valence-electron chi connectivity index (χ4n) is 2.37. The van der Waals surface area contributed by atoms with E-state index in [0.717, 1.165) is 24.5 Å². The molecule has 5 heteroatoms. The van der Waals surface area contributed by atoms with Crippen LogP contribution in [-0.4, -0.2) is 30.6 Å². The minimum absolute atomic E-state index is 0.357. The first-order valence-electron chi connectivity index (χ1n) is 7.16. The van der Waals surface area contributed by atoms with Crippen molar-refractivity contribution >= 4 is 17.4 Å². The molecule has 1 aliphatic rings. The second kappa shape index (κ2) is 6.81. The molecule has 1 heterocycles. The fourth-order valence-corrected chi connectivity index (χ4v) is 2.55. The van der Waals surface area contributed by atoms with E-state index < -0.39 is 6.10 Å². The van der Waals surface area contributed by atoms with Crippen LogP contribution >= 0.6 is 11.6 Å². The van der Waals surface area contributed by atoms with Gasteiger partial charge in [0.1, 0.15) is 24.3 Å². The van der Waals surface area contributed by atoms with Gasteiger partial charge in [-0.2, -0.15) is 0 Å². The molecule has 0 aromatic heterocycles. The Morgan fingerprint density at radius 2 is 2.05 bits per heavy atom. The molecule has 2 N–H and O–H groups in total. The van der Waals surface area contributed by atoms with Gasteiger partial charge in [0.05, 0.1) is 6.54 Å². The van der Waals surface area contributed by atoms with Gasteiger partial charge < -0.3 is 15.2 Å². The molecular weight excluding hydrogens is 300 g/mol. The number of hydrogen-bond acceptors (Lipinski definition) is 4. The van der Waals surface area contributed by atoms with E-state index in [9.17, 15) is 5.11 Å². The van der Waals surface area contributed by atoms with Crippen molar-refractivity contribution in [2.75, 3.05) is 19.7 Å². The lowest BCUT2D eigenvalue weighted by molar-refractivity contribution is 0.213. The molecule has 0 bridgehead atoms. The number of nitrogens with zero attached hydrogens (tertiary/aromatic N) is 1. The van der Waals surface area contributed by atoms with Crippen molar-refractivity contribution in [3.05, 3.63) is 64.7 Å². The minimum Gasteiger partial charge on any atom is -0.485 e. The molecule has 4 nitrogen and oxygen atoms in total. The van der Waals surface area contributed by atoms with Crippen LogP contribution in [-0.2, 0) is 0 Å². The number of ether oxygens (including phenoxy) is 1. The van der Waals surface area contributed by atoms with Crippen LogP contribution in [0.25, 0.3) is 0 Å². The van der Waals surface area contributed by atoms with Crippen LogP contribution in [0.1, 0.15) is 17.2 Å². The second-order valence-electron chi connectivity index (χ2n) is 5.04. The van der Waals surface area contributed by atoms with Crippen molar-refractivity contribution in [1.82, 2.24) is 5.32 Å². The SMILES string of the molecule is OC(c1ccccc1)c1cc(Cl)ccc1OCC1=NCCN1. The molecule has 0 radical (unpaired) electrons. The number of hydrogen-bond donors (Lipinski definition) is 2. The zero-order chi connectivity index (χ0) is 15.4. The van der Waals surface area contributed by atoms with Crippen LogP contribution in [0.2, 0.25) is 5.02 Å². The number of nitrogens with one attached hydrogen (secondary N) is 1. The lowest BCUT2D eigenvalue weighted by Gasteiger charge is -2.17. The summed E-state index contributed by atoms with van der Waals surface area (Å²) in [6, 6.07) is 14.7. The van der Waals surface area contributed by atoms with Crippen LogP contribution in [0.3, 0.4) is 0 Å². The molecule has 0 saturated heterocycles. The van der Waals surface area contributed by atoms with E-state index in [1.54, 1.807) is 18.2 Å². The number of amidine groups is 1. The molecule has 0 amide bonds. The highest BCUT2D eigenvalue weighted by Gasteiger charge is 2.17. The molecule has 0 fully saturated rings. The minimum atomic E-state index is -0.784. The molecule has 3 rings (SSSR count). The van der Waals surface area contributed by atoms with Crippen molar-refractivity contribution in [1.29, 1.82) is 0 Å². The third-order valence-corrected chi connectivity index (χ3v) is 3.72. The first-order chi connectivity index (χ1) is 10.7. The monoisotopic (exact) mass is 316 g/mol. The number of benzene rings is 2. The van der Waals surface area contributed by atoms with Crippen LogP contribution in [0.15, 0.2) is 53.5 Å². The Morgan fingerprint density at radius 1 is 1.23 bits per heavy atom. The van der Waals surface area contributed by atoms with Gasteiger partial charge in [0, 0.05) is 17.1 Å². The lowest BCUT2D eigenvalue weighted by Crippen LogP contribution is -2.25. The Morgan fingerprint density at radius 3 is 2.77 bits per heavy atom. The third-order valence-electron chi connectivity index (χ3n) is 3.49. The van der Waals surface area contributed by atoms with Gasteiger partial charge in [0.25, 0.3) is 0 Å². The number of rotatable bonds is 5. The van der Waals surface area contributed by atoms with Gasteiger partial charge in [0.15, 0.2) is 0 Å². The predicted molar refractivity (Wildman–Crippen MR) is 87.8 cm³/mol. The maximum absolute atomic E-state index is 10.6. The highest BCUT2D eigenvalue weighted by molar-refractivity contribution is 6.30. The summed E-state index contributed by atoms with van der Waals surface area (Å²) in [5.74, 6) is 1.44. The molecule has 1 atom stereocenters. The molecule has 0 saturated carbocycles. The first-order valence-corrected chi connectivity index (χ1v) is 7.54.